The third-order valence-electron chi connectivity index (χ3n) is 2.37. The fraction of sp³-hybridized carbons (Fsp3) is 0.0833. The molecule has 0 N–H and O–H groups in total. The van der Waals surface area contributed by atoms with E-state index >= 15 is 0 Å². The van der Waals surface area contributed by atoms with Crippen molar-refractivity contribution in [3.63, 3.8) is 0 Å². The highest BCUT2D eigenvalue weighted by Crippen LogP contribution is 2.36. The van der Waals surface area contributed by atoms with Gasteiger partial charge in [-0.05, 0) is 29.0 Å². The number of fused-ring (bicyclic) bond motifs is 2. The minimum Gasteiger partial charge on any atom is -0.425 e. The predicted octanol–water partition coefficient (Wildman–Crippen LogP) is 4.04. The number of rotatable bonds is 1. The van der Waals surface area contributed by atoms with Crippen LogP contribution in [-0.4, -0.2) is 5.97 Å². The summed E-state index contributed by atoms with van der Waals surface area (Å²) in [5, 5.41) is 6.22. The van der Waals surface area contributed by atoms with Gasteiger partial charge in [0.15, 0.2) is 0 Å². The number of hydrogen-bond acceptors (Lipinski definition) is 4. The Balaban J connectivity index is 2.27. The summed E-state index contributed by atoms with van der Waals surface area (Å²) in [5.74, 6) is 0.397. The smallest absolute Gasteiger partial charge is 0.308 e. The van der Waals surface area contributed by atoms with Gasteiger partial charge in [-0.3, -0.25) is 4.79 Å². The van der Waals surface area contributed by atoms with Crippen LogP contribution in [0.2, 0.25) is 0 Å². The van der Waals surface area contributed by atoms with Gasteiger partial charge in [-0.2, -0.15) is 0 Å². The van der Waals surface area contributed by atoms with Crippen LogP contribution in [0.15, 0.2) is 29.0 Å². The van der Waals surface area contributed by atoms with Crippen LogP contribution in [0.25, 0.3) is 20.2 Å². The molecule has 0 aliphatic rings. The second-order valence-electron chi connectivity index (χ2n) is 3.50. The van der Waals surface area contributed by atoms with E-state index in [0.29, 0.717) is 5.75 Å². The van der Waals surface area contributed by atoms with Gasteiger partial charge in [0.05, 0.1) is 0 Å². The van der Waals surface area contributed by atoms with Crippen molar-refractivity contribution in [2.24, 2.45) is 0 Å². The van der Waals surface area contributed by atoms with Crippen molar-refractivity contribution in [3.05, 3.63) is 29.0 Å². The van der Waals surface area contributed by atoms with E-state index < -0.39 is 0 Å². The minimum absolute atomic E-state index is 0.272. The molecule has 0 spiro atoms. The number of hydrogen-bond donors (Lipinski definition) is 0. The molecule has 0 unspecified atom stereocenters. The zero-order chi connectivity index (χ0) is 11.1. The molecule has 0 saturated carbocycles. The van der Waals surface area contributed by atoms with Crippen molar-refractivity contribution >= 4 is 48.8 Å². The molecule has 0 aliphatic carbocycles. The summed E-state index contributed by atoms with van der Waals surface area (Å²) in [6.07, 6.45) is 0. The van der Waals surface area contributed by atoms with Crippen LogP contribution < -0.4 is 4.74 Å². The molecule has 2 nitrogen and oxygen atoms in total. The number of carbonyl (C=O) groups is 1. The van der Waals surface area contributed by atoms with E-state index in [4.69, 9.17) is 4.74 Å². The molecule has 3 aromatic rings. The predicted molar refractivity (Wildman–Crippen MR) is 68.5 cm³/mol. The van der Waals surface area contributed by atoms with Gasteiger partial charge in [0.25, 0.3) is 0 Å². The maximum Gasteiger partial charge on any atom is 0.308 e. The molecule has 0 fully saturated rings. The number of ether oxygens (including phenoxy) is 1. The fourth-order valence-corrected chi connectivity index (χ4v) is 3.39. The number of esters is 1. The highest BCUT2D eigenvalue weighted by atomic mass is 32.1. The summed E-state index contributed by atoms with van der Waals surface area (Å²) in [6.45, 7) is 1.42. The van der Waals surface area contributed by atoms with E-state index in [1.165, 1.54) is 17.0 Å². The monoisotopic (exact) mass is 248 g/mol. The van der Waals surface area contributed by atoms with Crippen LogP contribution in [0.1, 0.15) is 6.92 Å². The van der Waals surface area contributed by atoms with Gasteiger partial charge in [-0.25, -0.2) is 0 Å². The first kappa shape index (κ1) is 9.81. The standard InChI is InChI=1S/C12H8O2S2/c1-7(13)14-10-6-16-12-4-8-2-3-15-11(8)5-9(10)12/h2-6H,1H3. The Labute approximate surface area is 100 Å². The molecule has 80 valence electrons. The Hall–Kier alpha value is -1.39. The van der Waals surface area contributed by atoms with Crippen LogP contribution in [0.5, 0.6) is 5.75 Å². The zero-order valence-corrected chi connectivity index (χ0v) is 10.2. The molecule has 0 amide bonds. The van der Waals surface area contributed by atoms with Crippen molar-refractivity contribution < 1.29 is 9.53 Å². The average Bonchev–Trinajstić information content (AvgIpc) is 2.81. The lowest BCUT2D eigenvalue weighted by molar-refractivity contribution is -0.131. The van der Waals surface area contributed by atoms with Crippen molar-refractivity contribution in [3.8, 4) is 5.75 Å². The normalized spacial score (nSPS) is 11.1. The first-order valence-electron chi connectivity index (χ1n) is 4.81. The third kappa shape index (κ3) is 1.50. The lowest BCUT2D eigenvalue weighted by atomic mass is 10.2. The van der Waals surface area contributed by atoms with E-state index in [1.807, 2.05) is 5.38 Å². The van der Waals surface area contributed by atoms with Gasteiger partial charge in [0.2, 0.25) is 0 Å². The van der Waals surface area contributed by atoms with E-state index in [0.717, 1.165) is 10.1 Å². The van der Waals surface area contributed by atoms with Gasteiger partial charge in [0.1, 0.15) is 5.75 Å². The highest BCUT2D eigenvalue weighted by Gasteiger charge is 2.09. The summed E-state index contributed by atoms with van der Waals surface area (Å²) in [7, 11) is 0. The maximum atomic E-state index is 11.0. The minimum atomic E-state index is -0.272. The lowest BCUT2D eigenvalue weighted by Crippen LogP contribution is -2.00. The molecule has 1 aromatic carbocycles. The quantitative estimate of drug-likeness (QED) is 0.607. The second kappa shape index (κ2) is 3.57. The first-order valence-corrected chi connectivity index (χ1v) is 6.57. The molecule has 2 heterocycles. The molecule has 0 bridgehead atoms. The van der Waals surface area contributed by atoms with E-state index in [2.05, 4.69) is 23.6 Å². The first-order chi connectivity index (χ1) is 7.74. The van der Waals surface area contributed by atoms with Crippen LogP contribution in [-0.2, 0) is 4.79 Å². The van der Waals surface area contributed by atoms with Gasteiger partial charge in [-0.1, -0.05) is 0 Å². The number of thiophene rings is 2. The van der Waals surface area contributed by atoms with Crippen molar-refractivity contribution in [2.45, 2.75) is 6.92 Å². The van der Waals surface area contributed by atoms with E-state index in [-0.39, 0.29) is 5.97 Å². The number of benzene rings is 1. The zero-order valence-electron chi connectivity index (χ0n) is 8.52. The van der Waals surface area contributed by atoms with Gasteiger partial charge < -0.3 is 4.74 Å². The Morgan fingerprint density at radius 3 is 2.94 bits per heavy atom. The summed E-state index contributed by atoms with van der Waals surface area (Å²) >= 11 is 3.30. The van der Waals surface area contributed by atoms with Crippen molar-refractivity contribution in [1.29, 1.82) is 0 Å². The van der Waals surface area contributed by atoms with Crippen LogP contribution >= 0.6 is 22.7 Å². The van der Waals surface area contributed by atoms with Crippen molar-refractivity contribution in [2.75, 3.05) is 0 Å². The summed E-state index contributed by atoms with van der Waals surface area (Å²) < 4.78 is 7.55. The molecule has 0 aliphatic heterocycles. The summed E-state index contributed by atoms with van der Waals surface area (Å²) in [4.78, 5) is 11.0. The molecular weight excluding hydrogens is 240 g/mol. The van der Waals surface area contributed by atoms with Crippen LogP contribution in [0.3, 0.4) is 0 Å². The van der Waals surface area contributed by atoms with Crippen molar-refractivity contribution in [1.82, 2.24) is 0 Å². The third-order valence-corrected chi connectivity index (χ3v) is 4.17. The molecule has 0 radical (unpaired) electrons. The topological polar surface area (TPSA) is 26.3 Å². The molecular formula is C12H8O2S2. The van der Waals surface area contributed by atoms with Crippen LogP contribution in [0, 0.1) is 0 Å². The molecule has 0 saturated heterocycles. The maximum absolute atomic E-state index is 11.0. The molecule has 0 atom stereocenters. The van der Waals surface area contributed by atoms with Gasteiger partial charge in [0, 0.05) is 27.1 Å². The average molecular weight is 248 g/mol. The Kier molecular flexibility index (Phi) is 2.19. The Morgan fingerprint density at radius 2 is 2.12 bits per heavy atom. The molecule has 3 rings (SSSR count). The fourth-order valence-electron chi connectivity index (χ4n) is 1.69. The summed E-state index contributed by atoms with van der Waals surface area (Å²) in [6, 6.07) is 6.33. The Morgan fingerprint density at radius 1 is 1.25 bits per heavy atom. The van der Waals surface area contributed by atoms with E-state index in [1.54, 1.807) is 22.7 Å². The lowest BCUT2D eigenvalue weighted by Gasteiger charge is -1.98. The molecule has 4 heteroatoms. The summed E-state index contributed by atoms with van der Waals surface area (Å²) in [5.41, 5.74) is 0. The van der Waals surface area contributed by atoms with Crippen LogP contribution in [0.4, 0.5) is 0 Å². The SMILES string of the molecule is CC(=O)Oc1csc2cc3ccsc3cc12. The number of carbonyl (C=O) groups excluding carboxylic acids is 1. The highest BCUT2D eigenvalue weighted by molar-refractivity contribution is 7.19. The van der Waals surface area contributed by atoms with Gasteiger partial charge >= 0.3 is 5.97 Å². The Bertz CT molecular complexity index is 679. The largest absolute Gasteiger partial charge is 0.425 e. The second-order valence-corrected chi connectivity index (χ2v) is 5.36. The van der Waals surface area contributed by atoms with Gasteiger partial charge in [-0.15, -0.1) is 22.7 Å². The van der Waals surface area contributed by atoms with E-state index in [9.17, 15) is 4.79 Å². The molecule has 2 aromatic heterocycles. The molecule has 16 heavy (non-hydrogen) atoms.